The van der Waals surface area contributed by atoms with Gasteiger partial charge in [-0.25, -0.2) is 0 Å². The highest BCUT2D eigenvalue weighted by molar-refractivity contribution is 5.83. The summed E-state index contributed by atoms with van der Waals surface area (Å²) in [7, 11) is 0. The van der Waals surface area contributed by atoms with Crippen LogP contribution in [0, 0.1) is 6.42 Å². The van der Waals surface area contributed by atoms with Crippen molar-refractivity contribution in [3.63, 3.8) is 0 Å². The zero-order chi connectivity index (χ0) is 12.4. The maximum Gasteiger partial charge on any atom is 0.0456 e. The van der Waals surface area contributed by atoms with Gasteiger partial charge in [-0.3, -0.25) is 0 Å². The molecule has 0 amide bonds. The van der Waals surface area contributed by atoms with Crippen molar-refractivity contribution >= 4 is 10.9 Å². The van der Waals surface area contributed by atoms with Crippen molar-refractivity contribution in [2.75, 3.05) is 19.6 Å². The monoisotopic (exact) mass is 241 g/mol. The zero-order valence-electron chi connectivity index (χ0n) is 11.0. The van der Waals surface area contributed by atoms with E-state index in [-0.39, 0.29) is 0 Å². The highest BCUT2D eigenvalue weighted by Gasteiger charge is 2.21. The molecule has 1 saturated heterocycles. The molecule has 95 valence electrons. The van der Waals surface area contributed by atoms with Gasteiger partial charge in [-0.15, -0.1) is 0 Å². The first-order valence-electron chi connectivity index (χ1n) is 6.94. The normalized spacial score (nSPS) is 18.5. The number of nitrogens with zero attached hydrogens (tertiary/aromatic N) is 1. The van der Waals surface area contributed by atoms with E-state index in [1.807, 2.05) is 0 Å². The second-order valence-electron chi connectivity index (χ2n) is 5.27. The highest BCUT2D eigenvalue weighted by Crippen LogP contribution is 2.32. The van der Waals surface area contributed by atoms with Crippen molar-refractivity contribution in [2.24, 2.45) is 0 Å². The topological polar surface area (TPSA) is 19.0 Å². The van der Waals surface area contributed by atoms with E-state index in [1.165, 1.54) is 42.4 Å². The number of fused-ring (bicyclic) bond motifs is 1. The van der Waals surface area contributed by atoms with Gasteiger partial charge in [-0.05, 0) is 49.9 Å². The Morgan fingerprint density at radius 2 is 2.06 bits per heavy atom. The average molecular weight is 241 g/mol. The molecule has 1 radical (unpaired) electrons. The number of likely N-dealkylation sites (tertiary alicyclic amines) is 1. The van der Waals surface area contributed by atoms with Crippen molar-refractivity contribution in [1.82, 2.24) is 9.88 Å². The van der Waals surface area contributed by atoms with Gasteiger partial charge in [0.2, 0.25) is 0 Å². The van der Waals surface area contributed by atoms with Crippen LogP contribution in [0.25, 0.3) is 10.9 Å². The zero-order valence-corrected chi connectivity index (χ0v) is 11.0. The molecule has 1 fully saturated rings. The Hall–Kier alpha value is -1.28. The molecule has 1 aromatic carbocycles. The number of nitrogens with one attached hydrogen (secondary N) is 1. The van der Waals surface area contributed by atoms with E-state index < -0.39 is 0 Å². The Bertz CT molecular complexity index is 507. The van der Waals surface area contributed by atoms with Crippen molar-refractivity contribution in [1.29, 1.82) is 0 Å². The predicted molar refractivity (Wildman–Crippen MR) is 76.7 cm³/mol. The van der Waals surface area contributed by atoms with Gasteiger partial charge < -0.3 is 9.88 Å². The van der Waals surface area contributed by atoms with Crippen LogP contribution in [0.5, 0.6) is 0 Å². The summed E-state index contributed by atoms with van der Waals surface area (Å²) in [4.78, 5) is 5.95. The van der Waals surface area contributed by atoms with Gasteiger partial charge in [0, 0.05) is 23.6 Å². The summed E-state index contributed by atoms with van der Waals surface area (Å²) in [6.45, 7) is 5.75. The van der Waals surface area contributed by atoms with Crippen molar-refractivity contribution in [2.45, 2.75) is 25.7 Å². The summed E-state index contributed by atoms with van der Waals surface area (Å²) in [5, 5.41) is 1.41. The molecule has 18 heavy (non-hydrogen) atoms. The molecule has 1 N–H and O–H groups in total. The molecule has 3 rings (SSSR count). The summed E-state index contributed by atoms with van der Waals surface area (Å²) in [5.41, 5.74) is 2.79. The van der Waals surface area contributed by atoms with E-state index in [0.29, 0.717) is 0 Å². The quantitative estimate of drug-likeness (QED) is 0.870. The lowest BCUT2D eigenvalue weighted by Crippen LogP contribution is -2.33. The minimum Gasteiger partial charge on any atom is -0.361 e. The third-order valence-corrected chi connectivity index (χ3v) is 4.09. The van der Waals surface area contributed by atoms with E-state index in [1.54, 1.807) is 0 Å². The minimum absolute atomic E-state index is 0.731. The second kappa shape index (κ2) is 5.15. The Labute approximate surface area is 109 Å². The van der Waals surface area contributed by atoms with Gasteiger partial charge in [0.25, 0.3) is 0 Å². The van der Waals surface area contributed by atoms with Crippen LogP contribution >= 0.6 is 0 Å². The molecule has 2 heteroatoms. The number of para-hydroxylation sites is 1. The van der Waals surface area contributed by atoms with Crippen LogP contribution in [-0.4, -0.2) is 29.5 Å². The predicted octanol–water partition coefficient (Wildman–Crippen LogP) is 3.57. The number of hydrogen-bond acceptors (Lipinski definition) is 1. The molecule has 0 unspecified atom stereocenters. The molecule has 2 heterocycles. The van der Waals surface area contributed by atoms with E-state index >= 15 is 0 Å². The fourth-order valence-electron chi connectivity index (χ4n) is 3.12. The van der Waals surface area contributed by atoms with Crippen LogP contribution in [0.15, 0.2) is 30.5 Å². The van der Waals surface area contributed by atoms with Crippen molar-refractivity contribution in [3.8, 4) is 0 Å². The molecule has 0 aliphatic carbocycles. The summed E-state index contributed by atoms with van der Waals surface area (Å²) in [6, 6.07) is 8.65. The third-order valence-electron chi connectivity index (χ3n) is 4.09. The largest absolute Gasteiger partial charge is 0.361 e. The van der Waals surface area contributed by atoms with E-state index in [9.17, 15) is 0 Å². The Balaban J connectivity index is 1.76. The molecule has 2 aromatic rings. The number of aromatic nitrogens is 1. The summed E-state index contributed by atoms with van der Waals surface area (Å²) < 4.78 is 0. The SMILES string of the molecule is C[CH]CN1CCC(c2c[nH]c3ccccc23)CC1. The molecular weight excluding hydrogens is 220 g/mol. The number of piperidine rings is 1. The summed E-state index contributed by atoms with van der Waals surface area (Å²) >= 11 is 0. The van der Waals surface area contributed by atoms with Crippen LogP contribution in [0.3, 0.4) is 0 Å². The Morgan fingerprint density at radius 3 is 2.83 bits per heavy atom. The smallest absolute Gasteiger partial charge is 0.0456 e. The minimum atomic E-state index is 0.731. The third kappa shape index (κ3) is 2.17. The van der Waals surface area contributed by atoms with Crippen molar-refractivity contribution in [3.05, 3.63) is 42.4 Å². The Kier molecular flexibility index (Phi) is 3.37. The van der Waals surface area contributed by atoms with Gasteiger partial charge in [0.1, 0.15) is 0 Å². The average Bonchev–Trinajstić information content (AvgIpc) is 2.84. The number of hydrogen-bond donors (Lipinski definition) is 1. The van der Waals surface area contributed by atoms with Crippen LogP contribution < -0.4 is 0 Å². The first-order valence-corrected chi connectivity index (χ1v) is 6.94. The number of H-pyrrole nitrogens is 1. The molecule has 1 aliphatic rings. The van der Waals surface area contributed by atoms with E-state index in [4.69, 9.17) is 0 Å². The molecule has 1 aliphatic heterocycles. The molecule has 1 aromatic heterocycles. The maximum atomic E-state index is 3.40. The lowest BCUT2D eigenvalue weighted by Gasteiger charge is -2.31. The van der Waals surface area contributed by atoms with Gasteiger partial charge >= 0.3 is 0 Å². The van der Waals surface area contributed by atoms with Crippen LogP contribution in [0.4, 0.5) is 0 Å². The Morgan fingerprint density at radius 1 is 1.28 bits per heavy atom. The van der Waals surface area contributed by atoms with Crippen LogP contribution in [0.2, 0.25) is 0 Å². The molecule has 0 saturated carbocycles. The maximum absolute atomic E-state index is 3.40. The summed E-state index contributed by atoms with van der Waals surface area (Å²) in [6.07, 6.45) is 7.05. The molecule has 0 bridgehead atoms. The highest BCUT2D eigenvalue weighted by atomic mass is 15.1. The molecule has 0 spiro atoms. The fourth-order valence-corrected chi connectivity index (χ4v) is 3.12. The lowest BCUT2D eigenvalue weighted by molar-refractivity contribution is 0.227. The molecule has 2 nitrogen and oxygen atoms in total. The van der Waals surface area contributed by atoms with Crippen LogP contribution in [0.1, 0.15) is 31.2 Å². The van der Waals surface area contributed by atoms with Gasteiger partial charge in [0.15, 0.2) is 0 Å². The van der Waals surface area contributed by atoms with E-state index in [0.717, 1.165) is 12.5 Å². The van der Waals surface area contributed by atoms with Gasteiger partial charge in [-0.1, -0.05) is 25.1 Å². The number of aromatic amines is 1. The first kappa shape index (κ1) is 11.8. The number of rotatable bonds is 3. The second-order valence-corrected chi connectivity index (χ2v) is 5.27. The van der Waals surface area contributed by atoms with E-state index in [2.05, 4.69) is 53.7 Å². The van der Waals surface area contributed by atoms with Gasteiger partial charge in [0.05, 0.1) is 0 Å². The molecule has 0 atom stereocenters. The number of benzene rings is 1. The van der Waals surface area contributed by atoms with Crippen LogP contribution in [-0.2, 0) is 0 Å². The van der Waals surface area contributed by atoms with Crippen molar-refractivity contribution < 1.29 is 0 Å². The standard InChI is InChI=1S/C16H21N2/c1-2-9-18-10-7-13(8-11-18)15-12-17-16-6-4-3-5-14(15)16/h2-6,12-13,17H,7-11H2,1H3. The first-order chi connectivity index (χ1) is 8.88. The van der Waals surface area contributed by atoms with Gasteiger partial charge in [-0.2, -0.15) is 0 Å². The molecular formula is C16H21N2. The fraction of sp³-hybridized carbons (Fsp3) is 0.438. The lowest BCUT2D eigenvalue weighted by atomic mass is 9.89. The summed E-state index contributed by atoms with van der Waals surface area (Å²) in [5.74, 6) is 0.731.